The molecule has 4 aromatic carbocycles. The second-order valence-corrected chi connectivity index (χ2v) is 12.5. The Morgan fingerprint density at radius 2 is 1.82 bits per heavy atom. The topological polar surface area (TPSA) is 52.8 Å². The van der Waals surface area contributed by atoms with Crippen molar-refractivity contribution in [2.75, 3.05) is 7.11 Å². The molecule has 1 atom stereocenters. The Morgan fingerprint density at radius 3 is 2.61 bits per heavy atom. The summed E-state index contributed by atoms with van der Waals surface area (Å²) in [5.74, 6) is 0.745. The molecule has 9 heteroatoms. The number of benzene rings is 4. The number of methoxy groups -OCH3 is 1. The highest BCUT2D eigenvalue weighted by Crippen LogP contribution is 2.41. The summed E-state index contributed by atoms with van der Waals surface area (Å²) in [6, 6.07) is 25.1. The molecule has 0 saturated carbocycles. The van der Waals surface area contributed by atoms with Crippen molar-refractivity contribution in [1.29, 1.82) is 0 Å². The van der Waals surface area contributed by atoms with E-state index in [0.29, 0.717) is 30.9 Å². The zero-order valence-electron chi connectivity index (χ0n) is 23.5. The highest BCUT2D eigenvalue weighted by molar-refractivity contribution is 7.07. The van der Waals surface area contributed by atoms with E-state index < -0.39 is 0 Å². The quantitative estimate of drug-likeness (QED) is 0.195. The molecular weight excluding hydrogens is 618 g/mol. The predicted octanol–water partition coefficient (Wildman–Crippen LogP) is 7.35. The molecule has 0 radical (unpaired) electrons. The molecule has 0 amide bonds. The molecule has 44 heavy (non-hydrogen) atoms. The molecule has 0 saturated heterocycles. The van der Waals surface area contributed by atoms with E-state index in [-0.39, 0.29) is 24.0 Å². The third-order valence-corrected chi connectivity index (χ3v) is 9.51. The Balaban J connectivity index is 1.29. The standard InChI is InChI=1S/C35H25Cl2FN2O3S/c1-42-30-16-20(6-15-29(30)43-19-23-7-11-24(36)18-28(23)37)17-31-34(41)40-33(22-8-12-25(38)13-9-22)27-14-10-21-4-2-3-5-26(21)32(27)39-35(40)44-31/h2-9,11-13,15-18,33H,10,14,19H2,1H3/b31-17+/t33-/m1/s1. The number of fused-ring (bicyclic) bond motifs is 3. The van der Waals surface area contributed by atoms with Crippen LogP contribution in [0.2, 0.25) is 10.0 Å². The lowest BCUT2D eigenvalue weighted by Crippen LogP contribution is -2.38. The van der Waals surface area contributed by atoms with Gasteiger partial charge in [-0.05, 0) is 77.6 Å². The van der Waals surface area contributed by atoms with Gasteiger partial charge >= 0.3 is 0 Å². The Morgan fingerprint density at radius 1 is 1.00 bits per heavy atom. The summed E-state index contributed by atoms with van der Waals surface area (Å²) in [4.78, 5) is 19.7. The van der Waals surface area contributed by atoms with Crippen LogP contribution in [0, 0.1) is 5.82 Å². The molecule has 1 aliphatic heterocycles. The molecule has 0 fully saturated rings. The van der Waals surface area contributed by atoms with Crippen LogP contribution in [0.3, 0.4) is 0 Å². The molecule has 2 heterocycles. The fourth-order valence-corrected chi connectivity index (χ4v) is 7.27. The molecule has 0 bridgehead atoms. The predicted molar refractivity (Wildman–Crippen MR) is 173 cm³/mol. The maximum absolute atomic E-state index is 14.0. The molecule has 0 N–H and O–H groups in total. The Kier molecular flexibility index (Phi) is 7.62. The average Bonchev–Trinajstić information content (AvgIpc) is 3.34. The van der Waals surface area contributed by atoms with Gasteiger partial charge in [-0.25, -0.2) is 9.38 Å². The van der Waals surface area contributed by atoms with E-state index >= 15 is 0 Å². The second kappa shape index (κ2) is 11.7. The lowest BCUT2D eigenvalue weighted by Gasteiger charge is -2.30. The minimum absolute atomic E-state index is 0.148. The number of thiazole rings is 1. The molecular formula is C35H25Cl2FN2O3S. The van der Waals surface area contributed by atoms with Crippen LogP contribution in [0.5, 0.6) is 11.5 Å². The van der Waals surface area contributed by atoms with Crippen LogP contribution in [-0.2, 0) is 13.0 Å². The highest BCUT2D eigenvalue weighted by atomic mass is 35.5. The first kappa shape index (κ1) is 28.6. The van der Waals surface area contributed by atoms with Gasteiger partial charge < -0.3 is 9.47 Å². The number of halogens is 3. The van der Waals surface area contributed by atoms with Crippen LogP contribution in [0.4, 0.5) is 4.39 Å². The van der Waals surface area contributed by atoms with Gasteiger partial charge in [0, 0.05) is 21.2 Å². The van der Waals surface area contributed by atoms with E-state index in [9.17, 15) is 9.18 Å². The van der Waals surface area contributed by atoms with Gasteiger partial charge in [-0.2, -0.15) is 0 Å². The van der Waals surface area contributed by atoms with Gasteiger partial charge in [0.2, 0.25) is 0 Å². The van der Waals surface area contributed by atoms with Gasteiger partial charge in [-0.3, -0.25) is 9.36 Å². The van der Waals surface area contributed by atoms with E-state index in [0.717, 1.165) is 46.4 Å². The summed E-state index contributed by atoms with van der Waals surface area (Å²) < 4.78 is 27.8. The molecule has 0 spiro atoms. The summed E-state index contributed by atoms with van der Waals surface area (Å²) in [6.07, 6.45) is 3.46. The Bertz CT molecular complexity index is 2140. The summed E-state index contributed by atoms with van der Waals surface area (Å²) >= 11 is 13.7. The van der Waals surface area contributed by atoms with E-state index in [1.165, 1.54) is 29.0 Å². The fraction of sp³-hybridized carbons (Fsp3) is 0.143. The number of rotatable bonds is 6. The lowest BCUT2D eigenvalue weighted by atomic mass is 9.83. The zero-order chi connectivity index (χ0) is 30.4. The molecule has 1 aromatic heterocycles. The van der Waals surface area contributed by atoms with Crippen molar-refractivity contribution in [3.8, 4) is 11.5 Å². The SMILES string of the molecule is COc1cc(/C=c2/sc3n(c2=O)[C@H](c2ccc(F)cc2)C2=C(N=3)c3ccccc3CC2)ccc1OCc1ccc(Cl)cc1Cl. The van der Waals surface area contributed by atoms with Crippen LogP contribution in [0.1, 0.15) is 40.3 Å². The first-order chi connectivity index (χ1) is 21.4. The number of aryl methyl sites for hydroxylation is 1. The number of aromatic nitrogens is 1. The number of hydrogen-bond donors (Lipinski definition) is 0. The number of ether oxygens (including phenoxy) is 2. The van der Waals surface area contributed by atoms with Crippen LogP contribution in [-0.4, -0.2) is 11.7 Å². The highest BCUT2D eigenvalue weighted by Gasteiger charge is 2.32. The summed E-state index contributed by atoms with van der Waals surface area (Å²) in [5, 5.41) is 1.08. The Labute approximate surface area is 266 Å². The van der Waals surface area contributed by atoms with Crippen molar-refractivity contribution in [3.05, 3.63) is 154 Å². The van der Waals surface area contributed by atoms with E-state index in [1.54, 1.807) is 35.9 Å². The summed E-state index contributed by atoms with van der Waals surface area (Å²) in [7, 11) is 1.57. The minimum Gasteiger partial charge on any atom is -0.493 e. The first-order valence-corrected chi connectivity index (χ1v) is 15.6. The molecule has 7 rings (SSSR count). The smallest absolute Gasteiger partial charge is 0.271 e. The number of hydrogen-bond acceptors (Lipinski definition) is 5. The van der Waals surface area contributed by atoms with E-state index in [2.05, 4.69) is 12.1 Å². The average molecular weight is 644 g/mol. The Hall–Kier alpha value is -4.17. The first-order valence-electron chi connectivity index (χ1n) is 14.0. The number of allylic oxidation sites excluding steroid dienone is 1. The third-order valence-electron chi connectivity index (χ3n) is 7.94. The van der Waals surface area contributed by atoms with Crippen molar-refractivity contribution in [2.45, 2.75) is 25.5 Å². The number of nitrogens with zero attached hydrogens (tertiary/aromatic N) is 2. The van der Waals surface area contributed by atoms with Gasteiger partial charge in [0.25, 0.3) is 5.56 Å². The van der Waals surface area contributed by atoms with Gasteiger partial charge in [0.15, 0.2) is 16.3 Å². The van der Waals surface area contributed by atoms with E-state index in [4.69, 9.17) is 37.7 Å². The van der Waals surface area contributed by atoms with Gasteiger partial charge in [-0.1, -0.05) is 83.1 Å². The van der Waals surface area contributed by atoms with Crippen LogP contribution in [0.25, 0.3) is 11.8 Å². The molecule has 2 aliphatic rings. The van der Waals surface area contributed by atoms with Crippen molar-refractivity contribution in [1.82, 2.24) is 4.57 Å². The normalized spacial score (nSPS) is 15.7. The largest absolute Gasteiger partial charge is 0.493 e. The van der Waals surface area contributed by atoms with Gasteiger partial charge in [-0.15, -0.1) is 0 Å². The van der Waals surface area contributed by atoms with Crippen molar-refractivity contribution in [2.24, 2.45) is 4.99 Å². The maximum Gasteiger partial charge on any atom is 0.271 e. The summed E-state index contributed by atoms with van der Waals surface area (Å²) in [5.41, 5.74) is 6.56. The molecule has 5 aromatic rings. The van der Waals surface area contributed by atoms with Crippen LogP contribution in [0.15, 0.2) is 100 Å². The lowest BCUT2D eigenvalue weighted by molar-refractivity contribution is 0.284. The van der Waals surface area contributed by atoms with Crippen molar-refractivity contribution < 1.29 is 13.9 Å². The molecule has 220 valence electrons. The van der Waals surface area contributed by atoms with Gasteiger partial charge in [0.05, 0.1) is 23.4 Å². The fourth-order valence-electron chi connectivity index (χ4n) is 5.81. The van der Waals surface area contributed by atoms with Crippen molar-refractivity contribution >= 4 is 46.3 Å². The second-order valence-electron chi connectivity index (χ2n) is 10.6. The summed E-state index contributed by atoms with van der Waals surface area (Å²) in [6.45, 7) is 0.238. The minimum atomic E-state index is -0.373. The van der Waals surface area contributed by atoms with Crippen molar-refractivity contribution in [3.63, 3.8) is 0 Å². The van der Waals surface area contributed by atoms with E-state index in [1.807, 2.05) is 42.5 Å². The third kappa shape index (κ3) is 5.25. The zero-order valence-corrected chi connectivity index (χ0v) is 25.8. The molecule has 0 unspecified atom stereocenters. The monoisotopic (exact) mass is 642 g/mol. The molecule has 5 nitrogen and oxygen atoms in total. The van der Waals surface area contributed by atoms with Gasteiger partial charge in [0.1, 0.15) is 12.4 Å². The maximum atomic E-state index is 14.0. The molecule has 1 aliphatic carbocycles. The van der Waals surface area contributed by atoms with Crippen LogP contribution >= 0.6 is 34.5 Å². The van der Waals surface area contributed by atoms with Crippen LogP contribution < -0.4 is 24.4 Å².